The predicted molar refractivity (Wildman–Crippen MR) is 85.4 cm³/mol. The zero-order valence-electron chi connectivity index (χ0n) is 13.3. The van der Waals surface area contributed by atoms with Gasteiger partial charge in [0, 0.05) is 18.5 Å². The van der Waals surface area contributed by atoms with Crippen molar-refractivity contribution in [2.45, 2.75) is 33.2 Å². The topological polar surface area (TPSA) is 96.7 Å². The van der Waals surface area contributed by atoms with Crippen LogP contribution < -0.4 is 5.32 Å². The fourth-order valence-corrected chi connectivity index (χ4v) is 2.42. The van der Waals surface area contributed by atoms with Crippen LogP contribution >= 0.6 is 0 Å². The molecule has 3 aromatic rings. The van der Waals surface area contributed by atoms with Gasteiger partial charge in [-0.1, -0.05) is 25.4 Å². The Bertz CT molecular complexity index is 823. The molecule has 2 atom stereocenters. The lowest BCUT2D eigenvalue weighted by molar-refractivity contribution is -0.120. The maximum atomic E-state index is 11.4. The Hall–Kier alpha value is -2.70. The van der Waals surface area contributed by atoms with Crippen LogP contribution in [-0.2, 0) is 4.79 Å². The molecule has 0 bridgehead atoms. The molecule has 0 aromatic carbocycles. The van der Waals surface area contributed by atoms with Gasteiger partial charge in [0.2, 0.25) is 17.6 Å². The lowest BCUT2D eigenvalue weighted by Gasteiger charge is -2.19. The first-order valence-corrected chi connectivity index (χ1v) is 7.63. The number of rotatable bonds is 5. The molecule has 120 valence electrons. The second kappa shape index (κ2) is 6.20. The van der Waals surface area contributed by atoms with Crippen molar-refractivity contribution in [1.82, 2.24) is 25.4 Å². The average Bonchev–Trinajstić information content (AvgIpc) is 3.19. The molecule has 2 N–H and O–H groups in total. The third-order valence-electron chi connectivity index (χ3n) is 3.92. The fourth-order valence-electron chi connectivity index (χ4n) is 2.42. The van der Waals surface area contributed by atoms with Gasteiger partial charge in [0.25, 0.3) is 0 Å². The summed E-state index contributed by atoms with van der Waals surface area (Å²) in [5, 5.41) is 7.91. The van der Waals surface area contributed by atoms with E-state index in [1.165, 1.54) is 6.92 Å². The van der Waals surface area contributed by atoms with E-state index in [0.29, 0.717) is 17.4 Å². The van der Waals surface area contributed by atoms with Crippen LogP contribution in [0.25, 0.3) is 22.6 Å². The Kier molecular flexibility index (Phi) is 4.10. The number of hydrogen-bond donors (Lipinski definition) is 2. The van der Waals surface area contributed by atoms with Crippen LogP contribution in [0, 0.1) is 5.92 Å². The number of nitrogens with one attached hydrogen (secondary N) is 2. The van der Waals surface area contributed by atoms with E-state index in [9.17, 15) is 4.79 Å². The fraction of sp³-hybridized carbons (Fsp3) is 0.375. The van der Waals surface area contributed by atoms with E-state index in [1.54, 1.807) is 0 Å². The molecule has 7 heteroatoms. The van der Waals surface area contributed by atoms with Crippen molar-refractivity contribution in [1.29, 1.82) is 0 Å². The van der Waals surface area contributed by atoms with Crippen molar-refractivity contribution in [3.8, 4) is 11.5 Å². The molecule has 0 saturated heterocycles. The van der Waals surface area contributed by atoms with Crippen LogP contribution in [0.5, 0.6) is 0 Å². The molecule has 3 heterocycles. The summed E-state index contributed by atoms with van der Waals surface area (Å²) in [5.74, 6) is 0.875. The van der Waals surface area contributed by atoms with Crippen molar-refractivity contribution in [3.63, 3.8) is 0 Å². The van der Waals surface area contributed by atoms with Crippen LogP contribution in [0.2, 0.25) is 0 Å². The summed E-state index contributed by atoms with van der Waals surface area (Å²) in [6.45, 7) is 5.57. The smallest absolute Gasteiger partial charge is 0.249 e. The first-order valence-electron chi connectivity index (χ1n) is 7.63. The van der Waals surface area contributed by atoms with E-state index in [0.717, 1.165) is 17.5 Å². The zero-order valence-corrected chi connectivity index (χ0v) is 13.3. The quantitative estimate of drug-likeness (QED) is 0.755. The number of aromatic amines is 1. The monoisotopic (exact) mass is 313 g/mol. The molecule has 0 aliphatic carbocycles. The highest BCUT2D eigenvalue weighted by Crippen LogP contribution is 2.25. The number of nitrogens with zero attached hydrogens (tertiary/aromatic N) is 3. The molecule has 23 heavy (non-hydrogen) atoms. The highest BCUT2D eigenvalue weighted by Gasteiger charge is 2.25. The van der Waals surface area contributed by atoms with Gasteiger partial charge in [0.15, 0.2) is 0 Å². The number of carbonyl (C=O) groups is 1. The first kappa shape index (κ1) is 15.2. The normalized spacial score (nSPS) is 13.9. The van der Waals surface area contributed by atoms with Crippen molar-refractivity contribution >= 4 is 16.9 Å². The van der Waals surface area contributed by atoms with E-state index in [4.69, 9.17) is 4.52 Å². The maximum Gasteiger partial charge on any atom is 0.249 e. The Labute approximate surface area is 133 Å². The number of H-pyrrole nitrogens is 1. The van der Waals surface area contributed by atoms with Gasteiger partial charge in [-0.05, 0) is 24.1 Å². The summed E-state index contributed by atoms with van der Waals surface area (Å²) in [4.78, 5) is 23.4. The van der Waals surface area contributed by atoms with Crippen molar-refractivity contribution < 1.29 is 9.32 Å². The third kappa shape index (κ3) is 3.08. The van der Waals surface area contributed by atoms with Crippen molar-refractivity contribution in [2.24, 2.45) is 5.92 Å². The molecular formula is C16H19N5O2. The highest BCUT2D eigenvalue weighted by molar-refractivity contribution is 5.77. The molecule has 3 aromatic heterocycles. The van der Waals surface area contributed by atoms with Gasteiger partial charge in [0.05, 0.1) is 0 Å². The number of pyridine rings is 1. The van der Waals surface area contributed by atoms with Crippen molar-refractivity contribution in [3.05, 3.63) is 30.3 Å². The van der Waals surface area contributed by atoms with Gasteiger partial charge >= 0.3 is 0 Å². The summed E-state index contributed by atoms with van der Waals surface area (Å²) in [6, 6.07) is 5.45. The van der Waals surface area contributed by atoms with E-state index < -0.39 is 0 Å². The second-order valence-corrected chi connectivity index (χ2v) is 5.63. The average molecular weight is 313 g/mol. The number of aromatic nitrogens is 4. The SMILES string of the molecule is CC[C@H](C)[C@H](NC(C)=O)c1nc(-c2ccc3cc[nH]c3n2)no1. The standard InChI is InChI=1S/C16H19N5O2/c1-4-9(2)13(18-10(3)22)16-20-15(21-23-16)12-6-5-11-7-8-17-14(11)19-12/h5-9,13H,4H2,1-3H3,(H,17,19)(H,18,22)/t9-,13-/m0/s1. The molecule has 0 aliphatic heterocycles. The molecule has 3 rings (SSSR count). The number of carbonyl (C=O) groups excluding carboxylic acids is 1. The van der Waals surface area contributed by atoms with Crippen LogP contribution in [0.15, 0.2) is 28.9 Å². The second-order valence-electron chi connectivity index (χ2n) is 5.63. The number of fused-ring (bicyclic) bond motifs is 1. The minimum absolute atomic E-state index is 0.124. The zero-order chi connectivity index (χ0) is 16.4. The summed E-state index contributed by atoms with van der Waals surface area (Å²) in [7, 11) is 0. The Balaban J connectivity index is 1.92. The van der Waals surface area contributed by atoms with Crippen LogP contribution in [-0.4, -0.2) is 26.0 Å². The van der Waals surface area contributed by atoms with E-state index in [-0.39, 0.29) is 17.9 Å². The van der Waals surface area contributed by atoms with Gasteiger partial charge < -0.3 is 14.8 Å². The Morgan fingerprint density at radius 2 is 2.17 bits per heavy atom. The van der Waals surface area contributed by atoms with Gasteiger partial charge in [-0.2, -0.15) is 4.98 Å². The minimum Gasteiger partial charge on any atom is -0.346 e. The molecule has 0 spiro atoms. The summed E-state index contributed by atoms with van der Waals surface area (Å²) in [6.07, 6.45) is 2.72. The Morgan fingerprint density at radius 1 is 1.35 bits per heavy atom. The first-order chi connectivity index (χ1) is 11.1. The van der Waals surface area contributed by atoms with Gasteiger partial charge in [-0.3, -0.25) is 4.79 Å². The van der Waals surface area contributed by atoms with Crippen LogP contribution in [0.1, 0.15) is 39.1 Å². The molecule has 0 saturated carbocycles. The lowest BCUT2D eigenvalue weighted by atomic mass is 9.99. The van der Waals surface area contributed by atoms with Gasteiger partial charge in [-0.25, -0.2) is 4.98 Å². The molecule has 0 unspecified atom stereocenters. The number of amides is 1. The van der Waals surface area contributed by atoms with Gasteiger partial charge in [0.1, 0.15) is 17.4 Å². The van der Waals surface area contributed by atoms with Crippen LogP contribution in [0.4, 0.5) is 0 Å². The highest BCUT2D eigenvalue weighted by atomic mass is 16.5. The largest absolute Gasteiger partial charge is 0.346 e. The van der Waals surface area contributed by atoms with E-state index in [2.05, 4.69) is 32.3 Å². The third-order valence-corrected chi connectivity index (χ3v) is 3.92. The molecular weight excluding hydrogens is 294 g/mol. The maximum absolute atomic E-state index is 11.4. The molecule has 0 aliphatic rings. The van der Waals surface area contributed by atoms with E-state index >= 15 is 0 Å². The lowest BCUT2D eigenvalue weighted by Crippen LogP contribution is -2.30. The summed E-state index contributed by atoms with van der Waals surface area (Å²) in [5.41, 5.74) is 1.40. The molecule has 1 amide bonds. The van der Waals surface area contributed by atoms with Crippen molar-refractivity contribution in [2.75, 3.05) is 0 Å². The molecule has 7 nitrogen and oxygen atoms in total. The minimum atomic E-state index is -0.298. The number of hydrogen-bond acceptors (Lipinski definition) is 5. The molecule has 0 radical (unpaired) electrons. The van der Waals surface area contributed by atoms with Gasteiger partial charge in [-0.15, -0.1) is 0 Å². The van der Waals surface area contributed by atoms with E-state index in [1.807, 2.05) is 31.3 Å². The Morgan fingerprint density at radius 3 is 2.91 bits per heavy atom. The molecule has 0 fully saturated rings. The van der Waals surface area contributed by atoms with Crippen LogP contribution in [0.3, 0.4) is 0 Å². The predicted octanol–water partition coefficient (Wildman–Crippen LogP) is 2.84. The summed E-state index contributed by atoms with van der Waals surface area (Å²) >= 11 is 0. The summed E-state index contributed by atoms with van der Waals surface area (Å²) < 4.78 is 5.37.